The molecule has 1 amide bonds. The minimum Gasteiger partial charge on any atom is -0.322 e. The van der Waals surface area contributed by atoms with Gasteiger partial charge in [-0.25, -0.2) is 12.8 Å². The number of nitrogens with one attached hydrogen (secondary N) is 2. The summed E-state index contributed by atoms with van der Waals surface area (Å²) in [5, 5.41) is 2.48. The van der Waals surface area contributed by atoms with Crippen molar-refractivity contribution in [1.82, 2.24) is 4.98 Å². The molecule has 0 fully saturated rings. The Morgan fingerprint density at radius 2 is 1.95 bits per heavy atom. The minimum absolute atomic E-state index is 0.147. The molecule has 0 atom stereocenters. The number of rotatable bonds is 4. The van der Waals surface area contributed by atoms with E-state index in [1.54, 1.807) is 12.1 Å². The number of pyridine rings is 1. The van der Waals surface area contributed by atoms with Crippen LogP contribution in [0.5, 0.6) is 0 Å². The van der Waals surface area contributed by atoms with Crippen LogP contribution in [-0.4, -0.2) is 25.6 Å². The molecule has 0 aliphatic carbocycles. The van der Waals surface area contributed by atoms with Crippen molar-refractivity contribution in [2.45, 2.75) is 0 Å². The zero-order chi connectivity index (χ0) is 15.5. The molecule has 0 saturated carbocycles. The number of amides is 1. The van der Waals surface area contributed by atoms with Crippen LogP contribution in [0.1, 0.15) is 10.4 Å². The lowest BCUT2D eigenvalue weighted by Crippen LogP contribution is -2.14. The maximum Gasteiger partial charge on any atom is 0.258 e. The molecular formula is C13H12FN3O3S. The predicted octanol–water partition coefficient (Wildman–Crippen LogP) is 1.84. The van der Waals surface area contributed by atoms with Crippen molar-refractivity contribution < 1.29 is 17.6 Å². The van der Waals surface area contributed by atoms with E-state index in [2.05, 4.69) is 15.0 Å². The van der Waals surface area contributed by atoms with Crippen LogP contribution in [0.4, 0.5) is 15.8 Å². The zero-order valence-corrected chi connectivity index (χ0v) is 11.8. The fourth-order valence-corrected chi connectivity index (χ4v) is 2.19. The molecule has 1 aromatic heterocycles. The number of nitrogens with zero attached hydrogens (tertiary/aromatic N) is 1. The van der Waals surface area contributed by atoms with E-state index in [0.717, 1.165) is 12.5 Å². The number of carbonyl (C=O) groups is 1. The smallest absolute Gasteiger partial charge is 0.258 e. The second-order valence-electron chi connectivity index (χ2n) is 4.26. The van der Waals surface area contributed by atoms with E-state index in [1.165, 1.54) is 24.4 Å². The Bertz CT molecular complexity index is 778. The van der Waals surface area contributed by atoms with Crippen LogP contribution in [0.3, 0.4) is 0 Å². The summed E-state index contributed by atoms with van der Waals surface area (Å²) in [7, 11) is -3.41. The maximum absolute atomic E-state index is 13.4. The molecule has 0 aliphatic rings. The Hall–Kier alpha value is -2.48. The zero-order valence-electron chi connectivity index (χ0n) is 11.0. The van der Waals surface area contributed by atoms with Crippen LogP contribution in [0.15, 0.2) is 42.7 Å². The van der Waals surface area contributed by atoms with Gasteiger partial charge in [-0.15, -0.1) is 0 Å². The van der Waals surface area contributed by atoms with E-state index in [4.69, 9.17) is 0 Å². The number of sulfonamides is 1. The van der Waals surface area contributed by atoms with Gasteiger partial charge in [0.15, 0.2) is 5.82 Å². The van der Waals surface area contributed by atoms with Crippen molar-refractivity contribution in [2.24, 2.45) is 0 Å². The van der Waals surface area contributed by atoms with Gasteiger partial charge in [-0.2, -0.15) is 0 Å². The predicted molar refractivity (Wildman–Crippen MR) is 77.1 cm³/mol. The fourth-order valence-electron chi connectivity index (χ4n) is 1.63. The van der Waals surface area contributed by atoms with Gasteiger partial charge in [-0.05, 0) is 24.3 Å². The highest BCUT2D eigenvalue weighted by Crippen LogP contribution is 2.17. The van der Waals surface area contributed by atoms with Gasteiger partial charge < -0.3 is 5.32 Å². The molecule has 0 saturated heterocycles. The van der Waals surface area contributed by atoms with E-state index >= 15 is 0 Å². The third-order valence-corrected chi connectivity index (χ3v) is 3.05. The van der Waals surface area contributed by atoms with Crippen LogP contribution in [0.2, 0.25) is 0 Å². The summed E-state index contributed by atoms with van der Waals surface area (Å²) in [4.78, 5) is 15.5. The van der Waals surface area contributed by atoms with Gasteiger partial charge in [0.1, 0.15) is 0 Å². The quantitative estimate of drug-likeness (QED) is 0.902. The molecule has 21 heavy (non-hydrogen) atoms. The largest absolute Gasteiger partial charge is 0.322 e. The van der Waals surface area contributed by atoms with Crippen LogP contribution in [0.25, 0.3) is 0 Å². The molecule has 6 nitrogen and oxygen atoms in total. The molecule has 0 unspecified atom stereocenters. The fraction of sp³-hybridized carbons (Fsp3) is 0.0769. The molecule has 0 radical (unpaired) electrons. The average Bonchev–Trinajstić information content (AvgIpc) is 2.37. The molecule has 2 N–H and O–H groups in total. The van der Waals surface area contributed by atoms with Crippen LogP contribution >= 0.6 is 0 Å². The topological polar surface area (TPSA) is 88.2 Å². The Morgan fingerprint density at radius 3 is 2.62 bits per heavy atom. The first-order valence-corrected chi connectivity index (χ1v) is 7.73. The first-order chi connectivity index (χ1) is 9.85. The highest BCUT2D eigenvalue weighted by Gasteiger charge is 2.12. The molecule has 2 rings (SSSR count). The third kappa shape index (κ3) is 4.25. The Kier molecular flexibility index (Phi) is 4.18. The van der Waals surface area contributed by atoms with Crippen molar-refractivity contribution in [3.8, 4) is 0 Å². The SMILES string of the molecule is CS(=O)(=O)Nc1cccc(NC(=O)c2ccncc2F)c1. The van der Waals surface area contributed by atoms with Crippen LogP contribution < -0.4 is 10.0 Å². The molecular weight excluding hydrogens is 297 g/mol. The number of hydrogen-bond acceptors (Lipinski definition) is 4. The monoisotopic (exact) mass is 309 g/mol. The highest BCUT2D eigenvalue weighted by atomic mass is 32.2. The summed E-state index contributed by atoms with van der Waals surface area (Å²) in [6.07, 6.45) is 3.26. The summed E-state index contributed by atoms with van der Waals surface area (Å²) in [6.45, 7) is 0. The number of aromatic nitrogens is 1. The Balaban J connectivity index is 2.19. The summed E-state index contributed by atoms with van der Waals surface area (Å²) in [5.74, 6) is -1.38. The summed E-state index contributed by atoms with van der Waals surface area (Å²) >= 11 is 0. The molecule has 0 spiro atoms. The van der Waals surface area contributed by atoms with Gasteiger partial charge >= 0.3 is 0 Å². The van der Waals surface area contributed by atoms with Crippen LogP contribution in [0, 0.1) is 5.82 Å². The lowest BCUT2D eigenvalue weighted by Gasteiger charge is -2.08. The van der Waals surface area contributed by atoms with Crippen molar-refractivity contribution in [1.29, 1.82) is 0 Å². The first kappa shape index (κ1) is 14.9. The van der Waals surface area contributed by atoms with Crippen molar-refractivity contribution in [2.75, 3.05) is 16.3 Å². The van der Waals surface area contributed by atoms with Crippen molar-refractivity contribution in [3.63, 3.8) is 0 Å². The van der Waals surface area contributed by atoms with Crippen LogP contribution in [-0.2, 0) is 10.0 Å². The Labute approximate surface area is 121 Å². The molecule has 1 aromatic carbocycles. The molecule has 1 heterocycles. The van der Waals surface area contributed by atoms with E-state index in [0.29, 0.717) is 11.4 Å². The molecule has 8 heteroatoms. The third-order valence-electron chi connectivity index (χ3n) is 2.44. The number of hydrogen-bond donors (Lipinski definition) is 2. The second kappa shape index (κ2) is 5.88. The van der Waals surface area contributed by atoms with E-state index in [-0.39, 0.29) is 5.56 Å². The maximum atomic E-state index is 13.4. The van der Waals surface area contributed by atoms with Gasteiger partial charge in [0.05, 0.1) is 23.7 Å². The normalized spacial score (nSPS) is 11.0. The number of halogens is 1. The lowest BCUT2D eigenvalue weighted by molar-refractivity contribution is 0.102. The average molecular weight is 309 g/mol. The minimum atomic E-state index is -3.41. The summed E-state index contributed by atoms with van der Waals surface area (Å²) < 4.78 is 38.0. The molecule has 0 aliphatic heterocycles. The van der Waals surface area contributed by atoms with Gasteiger partial charge in [-0.1, -0.05) is 6.07 Å². The van der Waals surface area contributed by atoms with E-state index in [9.17, 15) is 17.6 Å². The van der Waals surface area contributed by atoms with E-state index < -0.39 is 21.7 Å². The summed E-state index contributed by atoms with van der Waals surface area (Å²) in [6, 6.07) is 7.33. The van der Waals surface area contributed by atoms with Gasteiger partial charge in [-0.3, -0.25) is 14.5 Å². The van der Waals surface area contributed by atoms with Crippen molar-refractivity contribution >= 4 is 27.3 Å². The second-order valence-corrected chi connectivity index (χ2v) is 6.01. The highest BCUT2D eigenvalue weighted by molar-refractivity contribution is 7.92. The Morgan fingerprint density at radius 1 is 1.24 bits per heavy atom. The van der Waals surface area contributed by atoms with Gasteiger partial charge in [0, 0.05) is 11.9 Å². The van der Waals surface area contributed by atoms with E-state index in [1.807, 2.05) is 0 Å². The first-order valence-electron chi connectivity index (χ1n) is 5.84. The summed E-state index contributed by atoms with van der Waals surface area (Å²) in [5.41, 5.74) is 0.488. The van der Waals surface area contributed by atoms with Crippen molar-refractivity contribution in [3.05, 3.63) is 54.1 Å². The number of anilines is 2. The van der Waals surface area contributed by atoms with Gasteiger partial charge in [0.2, 0.25) is 10.0 Å². The molecule has 2 aromatic rings. The number of benzene rings is 1. The number of carbonyl (C=O) groups excluding carboxylic acids is 1. The van der Waals surface area contributed by atoms with Gasteiger partial charge in [0.25, 0.3) is 5.91 Å². The molecule has 0 bridgehead atoms. The standard InChI is InChI=1S/C13H12FN3O3S/c1-21(19,20)17-10-4-2-3-9(7-10)16-13(18)11-5-6-15-8-12(11)14/h2-8,17H,1H3,(H,16,18). The molecule has 110 valence electrons. The lowest BCUT2D eigenvalue weighted by atomic mass is 10.2.